The average Bonchev–Trinajstić information content (AvgIpc) is 2.35. The fourth-order valence-electron chi connectivity index (χ4n) is 1.47. The maximum atomic E-state index is 11.6. The van der Waals surface area contributed by atoms with Crippen molar-refractivity contribution in [1.29, 1.82) is 0 Å². The molecule has 0 aliphatic heterocycles. The molecule has 0 amide bonds. The van der Waals surface area contributed by atoms with Crippen molar-refractivity contribution < 1.29 is 15.0 Å². The topological polar surface area (TPSA) is 57.5 Å². The molecule has 0 bridgehead atoms. The van der Waals surface area contributed by atoms with E-state index in [1.807, 2.05) is 30.3 Å². The highest BCUT2D eigenvalue weighted by atomic mass is 16.3. The summed E-state index contributed by atoms with van der Waals surface area (Å²) < 4.78 is 0. The molecule has 0 aromatic heterocycles. The number of benzene rings is 1. The molecule has 17 heavy (non-hydrogen) atoms. The third-order valence-electron chi connectivity index (χ3n) is 2.58. The van der Waals surface area contributed by atoms with Gasteiger partial charge in [-0.2, -0.15) is 0 Å². The first-order valence-electron chi connectivity index (χ1n) is 5.63. The molecular formula is C14H18O3. The Labute approximate surface area is 101 Å². The van der Waals surface area contributed by atoms with Crippen molar-refractivity contribution in [3.05, 3.63) is 47.2 Å². The van der Waals surface area contributed by atoms with Gasteiger partial charge in [0.2, 0.25) is 0 Å². The van der Waals surface area contributed by atoms with Crippen LogP contribution in [0.3, 0.4) is 0 Å². The number of hydrogen-bond donors (Lipinski definition) is 2. The van der Waals surface area contributed by atoms with Crippen molar-refractivity contribution in [2.45, 2.75) is 32.8 Å². The van der Waals surface area contributed by atoms with Crippen LogP contribution in [0.4, 0.5) is 0 Å². The summed E-state index contributed by atoms with van der Waals surface area (Å²) in [7, 11) is 0. The van der Waals surface area contributed by atoms with Gasteiger partial charge in [0.05, 0.1) is 0 Å². The number of aryl methyl sites for hydroxylation is 1. The molecular weight excluding hydrogens is 216 g/mol. The number of aliphatic hydroxyl groups excluding tert-OH is 2. The molecule has 1 rings (SSSR count). The largest absolute Gasteiger partial charge is 0.509 e. The van der Waals surface area contributed by atoms with E-state index in [1.165, 1.54) is 0 Å². The second-order valence-electron chi connectivity index (χ2n) is 4.24. The summed E-state index contributed by atoms with van der Waals surface area (Å²) in [4.78, 5) is 11.6. The van der Waals surface area contributed by atoms with Gasteiger partial charge in [0.15, 0.2) is 11.9 Å². The zero-order valence-electron chi connectivity index (χ0n) is 10.2. The van der Waals surface area contributed by atoms with Crippen LogP contribution in [0.15, 0.2) is 41.7 Å². The van der Waals surface area contributed by atoms with Crippen LogP contribution in [0, 0.1) is 0 Å². The molecule has 92 valence electrons. The van der Waals surface area contributed by atoms with Gasteiger partial charge in [-0.1, -0.05) is 30.3 Å². The summed E-state index contributed by atoms with van der Waals surface area (Å²) in [5.74, 6) is -0.587. The van der Waals surface area contributed by atoms with E-state index in [2.05, 4.69) is 0 Å². The Morgan fingerprint density at radius 3 is 2.35 bits per heavy atom. The predicted octanol–water partition coefficient (Wildman–Crippen LogP) is 2.40. The molecule has 0 radical (unpaired) electrons. The maximum Gasteiger partial charge on any atom is 0.169 e. The summed E-state index contributed by atoms with van der Waals surface area (Å²) >= 11 is 0. The Morgan fingerprint density at radius 2 is 1.82 bits per heavy atom. The number of carbonyl (C=O) groups is 1. The lowest BCUT2D eigenvalue weighted by Crippen LogP contribution is -2.23. The second-order valence-corrected chi connectivity index (χ2v) is 4.24. The zero-order valence-corrected chi connectivity index (χ0v) is 10.2. The molecule has 0 aliphatic rings. The molecule has 1 unspecified atom stereocenters. The third-order valence-corrected chi connectivity index (χ3v) is 2.58. The van der Waals surface area contributed by atoms with Gasteiger partial charge in [-0.3, -0.25) is 4.79 Å². The third kappa shape index (κ3) is 4.04. The molecule has 0 fully saturated rings. The van der Waals surface area contributed by atoms with Crippen LogP contribution in [0.25, 0.3) is 0 Å². The zero-order chi connectivity index (χ0) is 12.8. The van der Waals surface area contributed by atoms with Crippen LogP contribution in [0.2, 0.25) is 0 Å². The van der Waals surface area contributed by atoms with Gasteiger partial charge in [0.1, 0.15) is 5.76 Å². The van der Waals surface area contributed by atoms with E-state index in [0.717, 1.165) is 5.56 Å². The quantitative estimate of drug-likeness (QED) is 0.769. The van der Waals surface area contributed by atoms with E-state index >= 15 is 0 Å². The highest BCUT2D eigenvalue weighted by molar-refractivity contribution is 5.85. The van der Waals surface area contributed by atoms with E-state index in [4.69, 9.17) is 0 Å². The first kappa shape index (κ1) is 13.5. The summed E-state index contributed by atoms with van der Waals surface area (Å²) in [6.07, 6.45) is -0.585. The highest BCUT2D eigenvalue weighted by Gasteiger charge is 2.19. The van der Waals surface area contributed by atoms with Crippen LogP contribution in [-0.4, -0.2) is 22.1 Å². The summed E-state index contributed by atoms with van der Waals surface area (Å²) in [6, 6.07) is 9.59. The number of ketones is 1. The van der Waals surface area contributed by atoms with Crippen molar-refractivity contribution in [2.24, 2.45) is 0 Å². The predicted molar refractivity (Wildman–Crippen MR) is 66.8 cm³/mol. The molecule has 3 nitrogen and oxygen atoms in total. The number of carbonyl (C=O) groups excluding carboxylic acids is 1. The van der Waals surface area contributed by atoms with Gasteiger partial charge in [-0.05, 0) is 31.4 Å². The van der Waals surface area contributed by atoms with E-state index < -0.39 is 6.10 Å². The second kappa shape index (κ2) is 6.21. The Morgan fingerprint density at radius 1 is 1.24 bits per heavy atom. The van der Waals surface area contributed by atoms with Gasteiger partial charge in [-0.25, -0.2) is 0 Å². The van der Waals surface area contributed by atoms with E-state index in [-0.39, 0.29) is 18.0 Å². The van der Waals surface area contributed by atoms with Crippen LogP contribution in [0.1, 0.15) is 25.8 Å². The van der Waals surface area contributed by atoms with Crippen molar-refractivity contribution in [1.82, 2.24) is 0 Å². The highest BCUT2D eigenvalue weighted by Crippen LogP contribution is 2.10. The number of hydrogen-bond acceptors (Lipinski definition) is 3. The summed E-state index contributed by atoms with van der Waals surface area (Å²) in [5, 5.41) is 19.0. The fourth-order valence-corrected chi connectivity index (χ4v) is 1.47. The van der Waals surface area contributed by atoms with Gasteiger partial charge < -0.3 is 10.2 Å². The van der Waals surface area contributed by atoms with Crippen LogP contribution >= 0.6 is 0 Å². The molecule has 3 heteroatoms. The van der Waals surface area contributed by atoms with E-state index in [1.54, 1.807) is 13.8 Å². The molecule has 0 spiro atoms. The average molecular weight is 234 g/mol. The van der Waals surface area contributed by atoms with Gasteiger partial charge in [0, 0.05) is 6.42 Å². The smallest absolute Gasteiger partial charge is 0.169 e. The molecule has 1 atom stereocenters. The molecule has 0 saturated heterocycles. The number of rotatable bonds is 5. The van der Waals surface area contributed by atoms with Gasteiger partial charge >= 0.3 is 0 Å². The van der Waals surface area contributed by atoms with Crippen LogP contribution < -0.4 is 0 Å². The first-order valence-corrected chi connectivity index (χ1v) is 5.63. The van der Waals surface area contributed by atoms with Crippen molar-refractivity contribution in [2.75, 3.05) is 0 Å². The minimum Gasteiger partial charge on any atom is -0.509 e. The van der Waals surface area contributed by atoms with Gasteiger partial charge in [-0.15, -0.1) is 0 Å². The normalized spacial score (nSPS) is 11.9. The molecule has 2 N–H and O–H groups in total. The summed E-state index contributed by atoms with van der Waals surface area (Å²) in [5.41, 5.74) is 1.61. The molecule has 0 heterocycles. The number of aliphatic hydroxyl groups is 2. The minimum absolute atomic E-state index is 0.225. The van der Waals surface area contributed by atoms with E-state index in [0.29, 0.717) is 12.0 Å². The first-order chi connectivity index (χ1) is 8.02. The monoisotopic (exact) mass is 234 g/mol. The number of Topliss-reactive ketones (excluding diaryl/α,β-unsaturated/α-hetero) is 1. The van der Waals surface area contributed by atoms with Crippen molar-refractivity contribution in [3.63, 3.8) is 0 Å². The lowest BCUT2D eigenvalue weighted by Gasteiger charge is -2.10. The van der Waals surface area contributed by atoms with E-state index in [9.17, 15) is 15.0 Å². The van der Waals surface area contributed by atoms with Crippen LogP contribution in [0.5, 0.6) is 0 Å². The molecule has 0 aliphatic carbocycles. The molecule has 0 saturated carbocycles. The Hall–Kier alpha value is -1.61. The Balaban J connectivity index is 2.54. The minimum atomic E-state index is -1.39. The summed E-state index contributed by atoms with van der Waals surface area (Å²) in [6.45, 7) is 3.31. The van der Waals surface area contributed by atoms with Gasteiger partial charge in [0.25, 0.3) is 0 Å². The fraction of sp³-hybridized carbons (Fsp3) is 0.357. The van der Waals surface area contributed by atoms with Crippen LogP contribution in [-0.2, 0) is 11.2 Å². The Kier molecular flexibility index (Phi) is 4.91. The maximum absolute atomic E-state index is 11.6. The Bertz CT molecular complexity index is 403. The van der Waals surface area contributed by atoms with Crippen molar-refractivity contribution >= 4 is 5.78 Å². The van der Waals surface area contributed by atoms with Crippen molar-refractivity contribution in [3.8, 4) is 0 Å². The standard InChI is InChI=1S/C14H18O3/c1-10(2)13(16)14(17)12(15)9-8-11-6-4-3-5-7-11/h3-7,14,16-17H,8-9H2,1-2H3. The SMILES string of the molecule is CC(C)=C(O)C(O)C(=O)CCc1ccccc1. The molecule has 1 aromatic rings. The molecule has 1 aromatic carbocycles. The lowest BCUT2D eigenvalue weighted by atomic mass is 10.0. The lowest BCUT2D eigenvalue weighted by molar-refractivity contribution is -0.126. The number of allylic oxidation sites excluding steroid dienone is 1.